The van der Waals surface area contributed by atoms with Crippen LogP contribution in [-0.2, 0) is 17.8 Å². The summed E-state index contributed by atoms with van der Waals surface area (Å²) in [5.74, 6) is 0.0541. The second-order valence-corrected chi connectivity index (χ2v) is 8.72. The highest BCUT2D eigenvalue weighted by Gasteiger charge is 2.19. The number of amides is 1. The lowest BCUT2D eigenvalue weighted by atomic mass is 9.99. The summed E-state index contributed by atoms with van der Waals surface area (Å²) >= 11 is 1.70. The zero-order valence-electron chi connectivity index (χ0n) is 17.0. The largest absolute Gasteiger partial charge is 0.344 e. The summed E-state index contributed by atoms with van der Waals surface area (Å²) in [7, 11) is 2.04. The number of nitrogens with zero attached hydrogens (tertiary/aromatic N) is 1. The monoisotopic (exact) mass is 416 g/mol. The zero-order valence-corrected chi connectivity index (χ0v) is 17.9. The maximum atomic E-state index is 12.8. The van der Waals surface area contributed by atoms with Gasteiger partial charge in [-0.25, -0.2) is 4.98 Å². The van der Waals surface area contributed by atoms with Gasteiger partial charge in [-0.3, -0.25) is 4.79 Å². The smallest absolute Gasteiger partial charge is 0.275 e. The molecule has 0 fully saturated rings. The lowest BCUT2D eigenvalue weighted by molar-refractivity contribution is -0.885. The normalized spacial score (nSPS) is 13.1. The average molecular weight is 417 g/mol. The summed E-state index contributed by atoms with van der Waals surface area (Å²) in [6.07, 6.45) is 0.771. The highest BCUT2D eigenvalue weighted by molar-refractivity contribution is 7.18. The first-order valence-electron chi connectivity index (χ1n) is 10.2. The number of benzene rings is 3. The minimum absolute atomic E-state index is 0.0450. The molecule has 1 unspecified atom stereocenters. The number of rotatable bonds is 8. The van der Waals surface area contributed by atoms with Gasteiger partial charge in [-0.15, -0.1) is 11.3 Å². The van der Waals surface area contributed by atoms with E-state index in [0.29, 0.717) is 6.54 Å². The molecule has 4 aromatic rings. The van der Waals surface area contributed by atoms with Crippen LogP contribution in [0.1, 0.15) is 22.2 Å². The molecule has 3 aromatic carbocycles. The van der Waals surface area contributed by atoms with E-state index in [-0.39, 0.29) is 11.9 Å². The van der Waals surface area contributed by atoms with E-state index in [9.17, 15) is 4.79 Å². The van der Waals surface area contributed by atoms with Crippen LogP contribution in [0.25, 0.3) is 10.2 Å². The van der Waals surface area contributed by atoms with Crippen LogP contribution in [0.2, 0.25) is 0 Å². The van der Waals surface area contributed by atoms with Crippen LogP contribution in [0, 0.1) is 0 Å². The molecule has 2 atom stereocenters. The molecule has 4 nitrogen and oxygen atoms in total. The molecule has 1 aromatic heterocycles. The van der Waals surface area contributed by atoms with Crippen LogP contribution < -0.4 is 10.2 Å². The molecular weight excluding hydrogens is 390 g/mol. The van der Waals surface area contributed by atoms with Crippen LogP contribution in [0.5, 0.6) is 0 Å². The molecule has 0 radical (unpaired) electrons. The van der Waals surface area contributed by atoms with Crippen molar-refractivity contribution in [1.29, 1.82) is 0 Å². The van der Waals surface area contributed by atoms with E-state index >= 15 is 0 Å². The van der Waals surface area contributed by atoms with Crippen molar-refractivity contribution in [2.75, 3.05) is 13.6 Å². The number of aromatic nitrogens is 1. The third-order valence-corrected chi connectivity index (χ3v) is 6.11. The first-order valence-corrected chi connectivity index (χ1v) is 11.0. The number of carbonyl (C=O) groups is 1. The highest BCUT2D eigenvalue weighted by atomic mass is 32.1. The average Bonchev–Trinajstić information content (AvgIpc) is 3.16. The van der Waals surface area contributed by atoms with Crippen LogP contribution in [-0.4, -0.2) is 24.5 Å². The Bertz CT molecular complexity index is 1060. The van der Waals surface area contributed by atoms with E-state index < -0.39 is 0 Å². The van der Waals surface area contributed by atoms with Crippen LogP contribution >= 0.6 is 11.3 Å². The standard InChI is InChI=1S/C25H25N3OS/c1-28(18-25-27-21-14-8-9-15-23(21)30-25)17-24(29)26-22(20-12-6-3-7-13-20)16-19-10-4-2-5-11-19/h2-15,22H,16-18H2,1H3,(H,26,29)/p+1/t22-/m0/s1. The van der Waals surface area contributed by atoms with Crippen LogP contribution in [0.4, 0.5) is 0 Å². The summed E-state index contributed by atoms with van der Waals surface area (Å²) in [5.41, 5.74) is 3.36. The number of quaternary nitrogens is 1. The Kier molecular flexibility index (Phi) is 6.52. The van der Waals surface area contributed by atoms with Crippen molar-refractivity contribution in [2.24, 2.45) is 0 Å². The van der Waals surface area contributed by atoms with Crippen molar-refractivity contribution in [2.45, 2.75) is 19.0 Å². The first kappa shape index (κ1) is 20.3. The Morgan fingerprint density at radius 2 is 1.63 bits per heavy atom. The van der Waals surface area contributed by atoms with Gasteiger partial charge in [0.15, 0.2) is 6.54 Å². The Hall–Kier alpha value is -3.02. The molecule has 1 amide bonds. The fourth-order valence-electron chi connectivity index (χ4n) is 3.62. The number of hydrogen-bond acceptors (Lipinski definition) is 3. The predicted molar refractivity (Wildman–Crippen MR) is 123 cm³/mol. The Morgan fingerprint density at radius 3 is 2.37 bits per heavy atom. The van der Waals surface area contributed by atoms with Crippen molar-refractivity contribution in [3.63, 3.8) is 0 Å². The van der Waals surface area contributed by atoms with Crippen molar-refractivity contribution in [3.05, 3.63) is 101 Å². The van der Waals surface area contributed by atoms with E-state index in [2.05, 4.69) is 35.6 Å². The molecule has 0 aliphatic rings. The maximum Gasteiger partial charge on any atom is 0.275 e. The van der Waals surface area contributed by atoms with Crippen molar-refractivity contribution in [1.82, 2.24) is 10.3 Å². The summed E-state index contributed by atoms with van der Waals surface area (Å²) < 4.78 is 1.19. The molecule has 2 N–H and O–H groups in total. The van der Waals surface area contributed by atoms with Gasteiger partial charge in [0, 0.05) is 0 Å². The van der Waals surface area contributed by atoms with E-state index in [1.807, 2.05) is 61.6 Å². The SMILES string of the molecule is C[NH+](CC(=O)N[C@@H](Cc1ccccc1)c1ccccc1)Cc1nc2ccccc2s1. The number of para-hydroxylation sites is 1. The molecule has 0 aliphatic heterocycles. The second kappa shape index (κ2) is 9.65. The van der Waals surface area contributed by atoms with Crippen molar-refractivity contribution >= 4 is 27.5 Å². The number of thiazole rings is 1. The van der Waals surface area contributed by atoms with E-state index in [1.54, 1.807) is 11.3 Å². The molecule has 0 aliphatic carbocycles. The van der Waals surface area contributed by atoms with Gasteiger partial charge in [0.05, 0.1) is 23.3 Å². The number of likely N-dealkylation sites (N-methyl/N-ethyl adjacent to an activating group) is 1. The van der Waals surface area contributed by atoms with Crippen LogP contribution in [0.3, 0.4) is 0 Å². The zero-order chi connectivity index (χ0) is 20.8. The molecular formula is C25H26N3OS+. The van der Waals surface area contributed by atoms with Crippen molar-refractivity contribution < 1.29 is 9.69 Å². The summed E-state index contributed by atoms with van der Waals surface area (Å²) in [6.45, 7) is 1.15. The predicted octanol–water partition coefficient (Wildman–Crippen LogP) is 3.41. The van der Waals surface area contributed by atoms with Gasteiger partial charge in [-0.05, 0) is 29.7 Å². The highest BCUT2D eigenvalue weighted by Crippen LogP contribution is 2.21. The second-order valence-electron chi connectivity index (χ2n) is 7.61. The molecule has 0 bridgehead atoms. The molecule has 1 heterocycles. The number of fused-ring (bicyclic) bond motifs is 1. The minimum Gasteiger partial charge on any atom is -0.344 e. The molecule has 5 heteroatoms. The molecule has 0 saturated carbocycles. The first-order chi connectivity index (χ1) is 14.7. The Balaban J connectivity index is 1.40. The van der Waals surface area contributed by atoms with Gasteiger partial charge in [-0.1, -0.05) is 72.8 Å². The Labute approximate surface area is 181 Å². The number of hydrogen-bond donors (Lipinski definition) is 2. The topological polar surface area (TPSA) is 46.4 Å². The van der Waals surface area contributed by atoms with Gasteiger partial charge in [-0.2, -0.15) is 0 Å². The fourth-order valence-corrected chi connectivity index (χ4v) is 4.70. The third-order valence-electron chi connectivity index (χ3n) is 5.07. The molecule has 152 valence electrons. The summed E-state index contributed by atoms with van der Waals surface area (Å²) in [4.78, 5) is 18.7. The summed E-state index contributed by atoms with van der Waals surface area (Å²) in [6, 6.07) is 28.6. The van der Waals surface area contributed by atoms with E-state index in [4.69, 9.17) is 4.98 Å². The minimum atomic E-state index is -0.0450. The molecule has 0 spiro atoms. The van der Waals surface area contributed by atoms with Crippen molar-refractivity contribution in [3.8, 4) is 0 Å². The van der Waals surface area contributed by atoms with Gasteiger partial charge < -0.3 is 10.2 Å². The van der Waals surface area contributed by atoms with Gasteiger partial charge in [0.1, 0.15) is 11.6 Å². The fraction of sp³-hybridized carbons (Fsp3) is 0.200. The quantitative estimate of drug-likeness (QED) is 0.462. The third kappa shape index (κ3) is 5.32. The van der Waals surface area contributed by atoms with Gasteiger partial charge >= 0.3 is 0 Å². The molecule has 0 saturated heterocycles. The van der Waals surface area contributed by atoms with E-state index in [1.165, 1.54) is 10.3 Å². The van der Waals surface area contributed by atoms with Gasteiger partial charge in [0.2, 0.25) is 0 Å². The Morgan fingerprint density at radius 1 is 0.967 bits per heavy atom. The summed E-state index contributed by atoms with van der Waals surface area (Å²) in [5, 5.41) is 4.31. The molecule has 4 rings (SSSR count). The lowest BCUT2D eigenvalue weighted by Gasteiger charge is -2.20. The number of nitrogens with one attached hydrogen (secondary N) is 2. The van der Waals surface area contributed by atoms with Gasteiger partial charge in [0.25, 0.3) is 5.91 Å². The maximum absolute atomic E-state index is 12.8. The van der Waals surface area contributed by atoms with Crippen LogP contribution in [0.15, 0.2) is 84.9 Å². The molecule has 30 heavy (non-hydrogen) atoms. The lowest BCUT2D eigenvalue weighted by Crippen LogP contribution is -3.08. The van der Waals surface area contributed by atoms with E-state index in [0.717, 1.165) is 34.0 Å². The number of carbonyl (C=O) groups excluding carboxylic acids is 1.